The number of likely N-dealkylation sites (tertiary alicyclic amines) is 1. The highest BCUT2D eigenvalue weighted by Crippen LogP contribution is 2.40. The molecule has 1 fully saturated rings. The van der Waals surface area contributed by atoms with Gasteiger partial charge < -0.3 is 30.1 Å². The summed E-state index contributed by atoms with van der Waals surface area (Å²) in [5, 5.41) is 11.3. The van der Waals surface area contributed by atoms with Crippen LogP contribution in [0.25, 0.3) is 5.76 Å². The number of likely N-dealkylation sites (N-methyl/N-ethyl adjacent to an activating group) is 1. The van der Waals surface area contributed by atoms with Crippen LogP contribution in [0.3, 0.4) is 0 Å². The number of ketones is 1. The molecule has 0 aliphatic carbocycles. The first-order valence-electron chi connectivity index (χ1n) is 11.4. The smallest absolute Gasteiger partial charge is 0.295 e. The lowest BCUT2D eigenvalue weighted by Gasteiger charge is -2.26. The number of carbonyl (C=O) groups excluding carboxylic acids is 3. The average Bonchev–Trinajstić information content (AvgIpc) is 3.09. The maximum atomic E-state index is 13.2. The Labute approximate surface area is 210 Å². The highest BCUT2D eigenvalue weighted by Gasteiger charge is 2.46. The van der Waals surface area contributed by atoms with E-state index in [4.69, 9.17) is 15.2 Å². The van der Waals surface area contributed by atoms with Crippen LogP contribution in [0.1, 0.15) is 22.7 Å². The molecule has 0 aromatic heterocycles. The van der Waals surface area contributed by atoms with Crippen molar-refractivity contribution < 1.29 is 29.0 Å². The molecule has 3 N–H and O–H groups in total. The quantitative estimate of drug-likeness (QED) is 0.213. The number of Topliss-reactive ketones (excluding diaryl/α,β-unsaturated/α-hetero) is 1. The van der Waals surface area contributed by atoms with E-state index in [9.17, 15) is 19.5 Å². The zero-order chi connectivity index (χ0) is 26.4. The lowest BCUT2D eigenvalue weighted by Crippen LogP contribution is -2.35. The molecule has 0 saturated carbocycles. The van der Waals surface area contributed by atoms with Gasteiger partial charge in [0.05, 0.1) is 11.6 Å². The molecule has 9 nitrogen and oxygen atoms in total. The van der Waals surface area contributed by atoms with E-state index < -0.39 is 23.6 Å². The molecule has 1 unspecified atom stereocenters. The number of hydrogen-bond acceptors (Lipinski definition) is 7. The number of nitrogens with zero attached hydrogens (tertiary/aromatic N) is 2. The van der Waals surface area contributed by atoms with Gasteiger partial charge in [0.1, 0.15) is 23.9 Å². The molecule has 9 heteroatoms. The van der Waals surface area contributed by atoms with Crippen molar-refractivity contribution in [2.75, 3.05) is 40.4 Å². The van der Waals surface area contributed by atoms with E-state index >= 15 is 0 Å². The first kappa shape index (κ1) is 26.5. The highest BCUT2D eigenvalue weighted by atomic mass is 16.5. The summed E-state index contributed by atoms with van der Waals surface area (Å²) in [6.07, 6.45) is 1.63. The third kappa shape index (κ3) is 5.92. The lowest BCUT2D eigenvalue weighted by molar-refractivity contribution is -0.140. The number of hydrogen-bond donors (Lipinski definition) is 2. The number of benzene rings is 2. The summed E-state index contributed by atoms with van der Waals surface area (Å²) < 4.78 is 10.9. The van der Waals surface area contributed by atoms with E-state index in [1.165, 1.54) is 4.90 Å². The zero-order valence-corrected chi connectivity index (χ0v) is 20.7. The van der Waals surface area contributed by atoms with Crippen molar-refractivity contribution in [3.8, 4) is 11.5 Å². The summed E-state index contributed by atoms with van der Waals surface area (Å²) in [4.78, 5) is 40.6. The van der Waals surface area contributed by atoms with Crippen LogP contribution in [0.2, 0.25) is 0 Å². The number of amides is 2. The largest absolute Gasteiger partial charge is 0.507 e. The van der Waals surface area contributed by atoms with Gasteiger partial charge in [-0.05, 0) is 62.5 Å². The minimum absolute atomic E-state index is 0.00687. The van der Waals surface area contributed by atoms with E-state index in [1.54, 1.807) is 55.5 Å². The van der Waals surface area contributed by atoms with Crippen LogP contribution < -0.4 is 15.2 Å². The summed E-state index contributed by atoms with van der Waals surface area (Å²) in [6, 6.07) is 10.9. The van der Waals surface area contributed by atoms with Gasteiger partial charge in [0.2, 0.25) is 0 Å². The molecule has 36 heavy (non-hydrogen) atoms. The third-order valence-corrected chi connectivity index (χ3v) is 5.73. The Kier molecular flexibility index (Phi) is 8.50. The van der Waals surface area contributed by atoms with Crippen molar-refractivity contribution in [2.24, 2.45) is 5.73 Å². The fraction of sp³-hybridized carbons (Fsp3) is 0.296. The number of aliphatic hydroxyl groups excluding tert-OH is 1. The molecule has 2 amide bonds. The molecule has 3 rings (SSSR count). The van der Waals surface area contributed by atoms with Crippen molar-refractivity contribution in [3.05, 3.63) is 77.4 Å². The molecular weight excluding hydrogens is 462 g/mol. The van der Waals surface area contributed by atoms with Gasteiger partial charge in [0, 0.05) is 18.7 Å². The lowest BCUT2D eigenvalue weighted by atomic mass is 9.94. The van der Waals surface area contributed by atoms with E-state index in [1.807, 2.05) is 19.0 Å². The van der Waals surface area contributed by atoms with E-state index in [2.05, 4.69) is 6.58 Å². The Morgan fingerprint density at radius 3 is 2.39 bits per heavy atom. The van der Waals surface area contributed by atoms with Crippen molar-refractivity contribution in [1.82, 2.24) is 9.80 Å². The molecule has 1 saturated heterocycles. The van der Waals surface area contributed by atoms with Gasteiger partial charge in [-0.2, -0.15) is 0 Å². The molecule has 1 heterocycles. The molecule has 0 radical (unpaired) electrons. The Balaban J connectivity index is 2.06. The molecule has 1 aliphatic heterocycles. The average molecular weight is 494 g/mol. The second-order valence-corrected chi connectivity index (χ2v) is 8.70. The fourth-order valence-corrected chi connectivity index (χ4v) is 3.96. The van der Waals surface area contributed by atoms with Crippen molar-refractivity contribution in [3.63, 3.8) is 0 Å². The van der Waals surface area contributed by atoms with Crippen LogP contribution in [-0.4, -0.2) is 72.9 Å². The number of nitrogens with two attached hydrogens (primary N) is 1. The zero-order valence-electron chi connectivity index (χ0n) is 20.7. The molecule has 1 atom stereocenters. The van der Waals surface area contributed by atoms with Gasteiger partial charge in [0.15, 0.2) is 6.61 Å². The minimum Gasteiger partial charge on any atom is -0.507 e. The number of ether oxygens (including phenoxy) is 2. The third-order valence-electron chi connectivity index (χ3n) is 5.73. The summed E-state index contributed by atoms with van der Waals surface area (Å²) in [5.74, 6) is -1.29. The fourth-order valence-electron chi connectivity index (χ4n) is 3.96. The Bertz CT molecular complexity index is 1190. The van der Waals surface area contributed by atoms with Gasteiger partial charge in [-0.1, -0.05) is 24.8 Å². The van der Waals surface area contributed by atoms with Crippen molar-refractivity contribution in [2.45, 2.75) is 13.0 Å². The first-order valence-corrected chi connectivity index (χ1v) is 11.4. The summed E-state index contributed by atoms with van der Waals surface area (Å²) >= 11 is 0. The maximum absolute atomic E-state index is 13.2. The van der Waals surface area contributed by atoms with E-state index in [0.29, 0.717) is 41.3 Å². The van der Waals surface area contributed by atoms with Gasteiger partial charge in [-0.3, -0.25) is 14.4 Å². The van der Waals surface area contributed by atoms with Gasteiger partial charge in [-0.15, -0.1) is 0 Å². The van der Waals surface area contributed by atoms with Crippen molar-refractivity contribution in [1.29, 1.82) is 0 Å². The number of carbonyl (C=O) groups is 3. The van der Waals surface area contributed by atoms with Gasteiger partial charge in [0.25, 0.3) is 17.6 Å². The van der Waals surface area contributed by atoms with Crippen molar-refractivity contribution >= 4 is 23.4 Å². The van der Waals surface area contributed by atoms with Crippen LogP contribution in [0.15, 0.2) is 60.7 Å². The highest BCUT2D eigenvalue weighted by molar-refractivity contribution is 6.46. The van der Waals surface area contributed by atoms with E-state index in [0.717, 1.165) is 0 Å². The predicted molar refractivity (Wildman–Crippen MR) is 136 cm³/mol. The first-order chi connectivity index (χ1) is 17.1. The van der Waals surface area contributed by atoms with Crippen LogP contribution in [0.4, 0.5) is 0 Å². The number of aryl methyl sites for hydroxylation is 1. The minimum atomic E-state index is -0.800. The van der Waals surface area contributed by atoms with Crippen LogP contribution in [0, 0.1) is 6.92 Å². The number of rotatable bonds is 11. The van der Waals surface area contributed by atoms with Crippen LogP contribution >= 0.6 is 0 Å². The number of primary amides is 1. The monoisotopic (exact) mass is 493 g/mol. The Morgan fingerprint density at radius 1 is 1.14 bits per heavy atom. The summed E-state index contributed by atoms with van der Waals surface area (Å²) in [5.41, 5.74) is 6.87. The summed E-state index contributed by atoms with van der Waals surface area (Å²) in [7, 11) is 3.74. The molecule has 0 spiro atoms. The normalized spacial score (nSPS) is 16.9. The summed E-state index contributed by atoms with van der Waals surface area (Å²) in [6.45, 7) is 6.29. The molecular formula is C27H31N3O6. The van der Waals surface area contributed by atoms with Gasteiger partial charge >= 0.3 is 0 Å². The molecule has 0 bridgehead atoms. The molecule has 2 aromatic rings. The molecule has 2 aromatic carbocycles. The number of aliphatic hydroxyl groups is 1. The van der Waals surface area contributed by atoms with E-state index in [-0.39, 0.29) is 24.5 Å². The van der Waals surface area contributed by atoms with Gasteiger partial charge in [-0.25, -0.2) is 0 Å². The van der Waals surface area contributed by atoms with Crippen LogP contribution in [0.5, 0.6) is 11.5 Å². The second-order valence-electron chi connectivity index (χ2n) is 8.70. The molecule has 1 aliphatic rings. The predicted octanol–water partition coefficient (Wildman–Crippen LogP) is 2.41. The standard InChI is InChI=1S/C27H31N3O6/c1-5-14-35-20-10-11-21(17(2)15-20)25(32)23-24(30(13-12-29(3)4)27(34)26(23)33)18-6-8-19(9-7-18)36-16-22(28)31/h5-11,15,24,32H,1,12-14,16H2,2-4H3,(H2,28,31)/b25-23+. The Morgan fingerprint density at radius 2 is 1.81 bits per heavy atom. The van der Waals surface area contributed by atoms with Crippen LogP contribution in [-0.2, 0) is 14.4 Å². The SMILES string of the molecule is C=CCOc1ccc(/C(O)=C2\C(=O)C(=O)N(CCN(C)C)C2c2ccc(OCC(N)=O)cc2)c(C)c1. The molecule has 190 valence electrons. The topological polar surface area (TPSA) is 122 Å². The second kappa shape index (κ2) is 11.5. The maximum Gasteiger partial charge on any atom is 0.295 e. The Hall–Kier alpha value is -4.11.